The maximum absolute atomic E-state index is 11.9. The Balaban J connectivity index is 3.36. The quantitative estimate of drug-likeness (QED) is 0.693. The van der Waals surface area contributed by atoms with Gasteiger partial charge in [0.15, 0.2) is 5.69 Å². The van der Waals surface area contributed by atoms with Crippen molar-refractivity contribution < 1.29 is 27.5 Å². The average molecular weight is 197 g/mol. The molecule has 0 aliphatic carbocycles. The van der Waals surface area contributed by atoms with Crippen LogP contribution in [0.3, 0.4) is 0 Å². The van der Waals surface area contributed by atoms with Crippen LogP contribution in [-0.4, -0.2) is 16.1 Å². The Kier molecular flexibility index (Phi) is 1.90. The minimum absolute atomic E-state index is 1.24. The molecule has 0 saturated carbocycles. The number of hydrogen-bond donors (Lipinski definition) is 2. The number of aromatic nitrogens is 1. The number of rotatable bonds is 1. The number of nitrogens with one attached hydrogen (secondary N) is 1. The van der Waals surface area contributed by atoms with Gasteiger partial charge < -0.3 is 9.52 Å². The number of aromatic amines is 1. The first-order chi connectivity index (χ1) is 5.82. The summed E-state index contributed by atoms with van der Waals surface area (Å²) in [5.74, 6) is -4.84. The standard InChI is InChI=1S/C5H2F3NO4/c6-5(7,8)2-1(3(10)11)13-4(12)9-2/h(H,9,12)(H,10,11). The molecule has 1 aromatic rings. The third kappa shape index (κ3) is 1.71. The smallest absolute Gasteiger partial charge is 0.435 e. The van der Waals surface area contributed by atoms with Gasteiger partial charge in [-0.05, 0) is 0 Å². The van der Waals surface area contributed by atoms with E-state index in [9.17, 15) is 22.8 Å². The lowest BCUT2D eigenvalue weighted by Crippen LogP contribution is -2.12. The molecule has 1 heterocycles. The largest absolute Gasteiger partial charge is 0.475 e. The maximum Gasteiger partial charge on any atom is 0.435 e. The highest BCUT2D eigenvalue weighted by Crippen LogP contribution is 2.29. The van der Waals surface area contributed by atoms with Crippen molar-refractivity contribution in [1.29, 1.82) is 0 Å². The van der Waals surface area contributed by atoms with Crippen molar-refractivity contribution in [1.82, 2.24) is 4.98 Å². The average Bonchev–Trinajstić information content (AvgIpc) is 2.29. The topological polar surface area (TPSA) is 83.3 Å². The molecule has 0 aliphatic heterocycles. The summed E-state index contributed by atoms with van der Waals surface area (Å²) in [6.07, 6.45) is -4.94. The van der Waals surface area contributed by atoms with Gasteiger partial charge in [-0.1, -0.05) is 0 Å². The molecule has 0 spiro atoms. The predicted octanol–water partition coefficient (Wildman–Crippen LogP) is 0.685. The highest BCUT2D eigenvalue weighted by Gasteiger charge is 2.39. The number of hydrogen-bond acceptors (Lipinski definition) is 3. The van der Waals surface area contributed by atoms with E-state index in [-0.39, 0.29) is 0 Å². The number of halogens is 3. The molecular formula is C5H2F3NO4. The molecule has 0 aromatic carbocycles. The number of carbonyl (C=O) groups is 1. The maximum atomic E-state index is 11.9. The Morgan fingerprint density at radius 1 is 1.46 bits per heavy atom. The fourth-order valence-electron chi connectivity index (χ4n) is 0.678. The number of carboxylic acid groups (broad SMARTS) is 1. The van der Waals surface area contributed by atoms with Crippen molar-refractivity contribution >= 4 is 5.97 Å². The second-order valence-corrected chi connectivity index (χ2v) is 2.02. The van der Waals surface area contributed by atoms with Crippen molar-refractivity contribution in [2.45, 2.75) is 6.18 Å². The van der Waals surface area contributed by atoms with E-state index in [1.807, 2.05) is 0 Å². The summed E-state index contributed by atoms with van der Waals surface area (Å²) < 4.78 is 39.6. The van der Waals surface area contributed by atoms with E-state index in [2.05, 4.69) is 4.42 Å². The SMILES string of the molecule is O=C(O)c1oc(=O)[nH]c1C(F)(F)F. The Morgan fingerprint density at radius 2 is 2.00 bits per heavy atom. The Morgan fingerprint density at radius 3 is 2.31 bits per heavy atom. The molecule has 0 atom stereocenters. The van der Waals surface area contributed by atoms with Gasteiger partial charge in [0, 0.05) is 0 Å². The van der Waals surface area contributed by atoms with E-state index in [1.165, 1.54) is 4.98 Å². The van der Waals surface area contributed by atoms with Crippen LogP contribution in [0.2, 0.25) is 0 Å². The lowest BCUT2D eigenvalue weighted by molar-refractivity contribution is -0.141. The number of carboxylic acids is 1. The van der Waals surface area contributed by atoms with Crippen LogP contribution in [0, 0.1) is 0 Å². The molecule has 2 N–H and O–H groups in total. The molecule has 0 aliphatic rings. The van der Waals surface area contributed by atoms with E-state index < -0.39 is 29.4 Å². The van der Waals surface area contributed by atoms with E-state index >= 15 is 0 Å². The van der Waals surface area contributed by atoms with Gasteiger partial charge in [-0.3, -0.25) is 4.98 Å². The summed E-state index contributed by atoms with van der Waals surface area (Å²) in [6.45, 7) is 0. The van der Waals surface area contributed by atoms with Gasteiger partial charge in [0.1, 0.15) is 0 Å². The molecule has 5 nitrogen and oxygen atoms in total. The minimum Gasteiger partial charge on any atom is -0.475 e. The van der Waals surface area contributed by atoms with Gasteiger partial charge in [0.25, 0.3) is 0 Å². The zero-order valence-corrected chi connectivity index (χ0v) is 5.81. The summed E-state index contributed by atoms with van der Waals surface area (Å²) >= 11 is 0. The van der Waals surface area contributed by atoms with Gasteiger partial charge in [-0.25, -0.2) is 9.59 Å². The summed E-state index contributed by atoms with van der Waals surface area (Å²) in [5, 5.41) is 8.19. The van der Waals surface area contributed by atoms with Crippen molar-refractivity contribution in [3.05, 3.63) is 22.0 Å². The molecule has 0 fully saturated rings. The second-order valence-electron chi connectivity index (χ2n) is 2.02. The number of alkyl halides is 3. The lowest BCUT2D eigenvalue weighted by Gasteiger charge is -2.01. The Labute approximate surface area is 67.8 Å². The highest BCUT2D eigenvalue weighted by molar-refractivity contribution is 5.85. The van der Waals surface area contributed by atoms with Gasteiger partial charge in [0.2, 0.25) is 5.76 Å². The predicted molar refractivity (Wildman–Crippen MR) is 31.3 cm³/mol. The molecule has 8 heteroatoms. The molecule has 72 valence electrons. The van der Waals surface area contributed by atoms with Crippen LogP contribution >= 0.6 is 0 Å². The molecule has 0 saturated heterocycles. The van der Waals surface area contributed by atoms with Crippen LogP contribution in [0.1, 0.15) is 16.2 Å². The number of oxazole rings is 1. The van der Waals surface area contributed by atoms with Gasteiger partial charge in [-0.15, -0.1) is 0 Å². The number of H-pyrrole nitrogens is 1. The van der Waals surface area contributed by atoms with Crippen molar-refractivity contribution in [2.24, 2.45) is 0 Å². The zero-order valence-electron chi connectivity index (χ0n) is 5.81. The second kappa shape index (κ2) is 2.64. The van der Waals surface area contributed by atoms with E-state index in [1.54, 1.807) is 0 Å². The van der Waals surface area contributed by atoms with Crippen LogP contribution in [0.15, 0.2) is 9.21 Å². The van der Waals surface area contributed by atoms with Crippen LogP contribution < -0.4 is 5.76 Å². The first-order valence-corrected chi connectivity index (χ1v) is 2.86. The monoisotopic (exact) mass is 197 g/mol. The van der Waals surface area contributed by atoms with Crippen LogP contribution in [-0.2, 0) is 6.18 Å². The Hall–Kier alpha value is -1.73. The van der Waals surface area contributed by atoms with Gasteiger partial charge in [0.05, 0.1) is 0 Å². The minimum atomic E-state index is -4.94. The molecule has 0 bridgehead atoms. The highest BCUT2D eigenvalue weighted by atomic mass is 19.4. The molecule has 1 aromatic heterocycles. The van der Waals surface area contributed by atoms with Crippen molar-refractivity contribution in [3.8, 4) is 0 Å². The van der Waals surface area contributed by atoms with Gasteiger partial charge in [-0.2, -0.15) is 13.2 Å². The van der Waals surface area contributed by atoms with E-state index in [4.69, 9.17) is 5.11 Å². The first-order valence-electron chi connectivity index (χ1n) is 2.86. The zero-order chi connectivity index (χ0) is 10.2. The summed E-state index contributed by atoms with van der Waals surface area (Å²) in [7, 11) is 0. The molecule has 0 radical (unpaired) electrons. The third-order valence-electron chi connectivity index (χ3n) is 1.13. The normalized spacial score (nSPS) is 11.6. The van der Waals surface area contributed by atoms with Crippen LogP contribution in [0.5, 0.6) is 0 Å². The molecule has 0 amide bonds. The lowest BCUT2D eigenvalue weighted by atomic mass is 10.3. The molecule has 13 heavy (non-hydrogen) atoms. The van der Waals surface area contributed by atoms with Crippen LogP contribution in [0.25, 0.3) is 0 Å². The van der Waals surface area contributed by atoms with E-state index in [0.29, 0.717) is 0 Å². The first kappa shape index (κ1) is 9.36. The molecule has 0 unspecified atom stereocenters. The van der Waals surface area contributed by atoms with Crippen LogP contribution in [0.4, 0.5) is 13.2 Å². The third-order valence-corrected chi connectivity index (χ3v) is 1.13. The van der Waals surface area contributed by atoms with E-state index in [0.717, 1.165) is 0 Å². The summed E-state index contributed by atoms with van der Waals surface area (Å²) in [5.41, 5.74) is -1.69. The fourth-order valence-corrected chi connectivity index (χ4v) is 0.678. The van der Waals surface area contributed by atoms with Crippen molar-refractivity contribution in [2.75, 3.05) is 0 Å². The summed E-state index contributed by atoms with van der Waals surface area (Å²) in [6, 6.07) is 0. The fraction of sp³-hybridized carbons (Fsp3) is 0.200. The Bertz CT molecular complexity index is 387. The number of aromatic carboxylic acids is 1. The summed E-state index contributed by atoms with van der Waals surface area (Å²) in [4.78, 5) is 21.6. The van der Waals surface area contributed by atoms with Gasteiger partial charge >= 0.3 is 17.9 Å². The van der Waals surface area contributed by atoms with Crippen molar-refractivity contribution in [3.63, 3.8) is 0 Å². The molecule has 1 rings (SSSR count). The molecular weight excluding hydrogens is 195 g/mol.